The maximum Gasteiger partial charge on any atom is 0.134 e. The normalized spacial score (nSPS) is 49.3. The number of aliphatic hydroxyl groups is 3. The van der Waals surface area contributed by atoms with Gasteiger partial charge in [-0.05, 0) is 0 Å². The van der Waals surface area contributed by atoms with Crippen molar-refractivity contribution in [3.8, 4) is 0 Å². The first-order valence-corrected chi connectivity index (χ1v) is 4.98. The topological polar surface area (TPSA) is 82.3 Å². The molecule has 0 aromatic rings. The molecule has 0 saturated carbocycles. The zero-order valence-electron chi connectivity index (χ0n) is 6.78. The summed E-state index contributed by atoms with van der Waals surface area (Å²) in [6.07, 6.45) is -2.70. The third-order valence-electron chi connectivity index (χ3n) is 2.28. The molecule has 2 aliphatic rings. The maximum atomic E-state index is 9.58. The number of hydrogen-bond donors (Lipinski definition) is 3. The van der Waals surface area contributed by atoms with E-state index in [2.05, 4.69) is 4.99 Å². The molecule has 2 rings (SSSR count). The number of rotatable bonds is 1. The van der Waals surface area contributed by atoms with E-state index in [0.717, 1.165) is 0 Å². The summed E-state index contributed by atoms with van der Waals surface area (Å²) in [5, 5.41) is 27.9. The summed E-state index contributed by atoms with van der Waals surface area (Å²) in [7, 11) is 0. The summed E-state index contributed by atoms with van der Waals surface area (Å²) < 4.78 is 5.32. The fourth-order valence-corrected chi connectivity index (χ4v) is 2.43. The van der Waals surface area contributed by atoms with Crippen molar-refractivity contribution in [2.75, 3.05) is 6.61 Å². The van der Waals surface area contributed by atoms with Crippen LogP contribution in [0.1, 0.15) is 0 Å². The van der Waals surface area contributed by atoms with Gasteiger partial charge in [0.15, 0.2) is 0 Å². The maximum absolute atomic E-state index is 9.58. The number of thioether (sulfide) groups is 1. The zero-order chi connectivity index (χ0) is 9.42. The molecule has 5 nitrogen and oxygen atoms in total. The summed E-state index contributed by atoms with van der Waals surface area (Å²) >= 11 is 1.36. The molecule has 0 aromatic heterocycles. The van der Waals surface area contributed by atoms with Gasteiger partial charge in [0.05, 0.1) is 12.2 Å². The van der Waals surface area contributed by atoms with Crippen LogP contribution in [-0.4, -0.2) is 57.3 Å². The van der Waals surface area contributed by atoms with Crippen LogP contribution in [0.4, 0.5) is 0 Å². The highest BCUT2D eigenvalue weighted by Gasteiger charge is 2.45. The Morgan fingerprint density at radius 1 is 1.38 bits per heavy atom. The van der Waals surface area contributed by atoms with Crippen LogP contribution in [0, 0.1) is 0 Å². The molecule has 0 aliphatic carbocycles. The van der Waals surface area contributed by atoms with E-state index < -0.39 is 24.4 Å². The second-order valence-corrected chi connectivity index (χ2v) is 4.04. The first kappa shape index (κ1) is 9.42. The van der Waals surface area contributed by atoms with Crippen molar-refractivity contribution in [2.24, 2.45) is 4.99 Å². The monoisotopic (exact) mass is 205 g/mol. The Bertz CT molecular complexity index is 225. The highest BCUT2D eigenvalue weighted by atomic mass is 32.2. The van der Waals surface area contributed by atoms with Crippen LogP contribution in [0.2, 0.25) is 0 Å². The number of nitrogens with zero attached hydrogens (tertiary/aromatic N) is 1. The van der Waals surface area contributed by atoms with Gasteiger partial charge in [-0.15, -0.1) is 0 Å². The third-order valence-corrected chi connectivity index (χ3v) is 3.18. The van der Waals surface area contributed by atoms with Gasteiger partial charge in [-0.3, -0.25) is 4.99 Å². The molecule has 5 atom stereocenters. The van der Waals surface area contributed by atoms with Crippen LogP contribution in [-0.2, 0) is 4.74 Å². The molecule has 74 valence electrons. The molecule has 0 spiro atoms. The molecule has 2 heterocycles. The Balaban J connectivity index is 2.11. The lowest BCUT2D eigenvalue weighted by molar-refractivity contribution is -0.164. The molecular weight excluding hydrogens is 194 g/mol. The second-order valence-electron chi connectivity index (χ2n) is 3.09. The van der Waals surface area contributed by atoms with E-state index in [4.69, 9.17) is 9.84 Å². The van der Waals surface area contributed by atoms with Gasteiger partial charge in [-0.1, -0.05) is 11.8 Å². The quantitative estimate of drug-likeness (QED) is 0.489. The Hall–Kier alpha value is -0.140. The highest BCUT2D eigenvalue weighted by molar-refractivity contribution is 8.12. The van der Waals surface area contributed by atoms with Gasteiger partial charge in [0, 0.05) is 0 Å². The smallest absolute Gasteiger partial charge is 0.134 e. The minimum Gasteiger partial charge on any atom is -0.394 e. The van der Waals surface area contributed by atoms with Crippen molar-refractivity contribution in [1.29, 1.82) is 0 Å². The largest absolute Gasteiger partial charge is 0.394 e. The van der Waals surface area contributed by atoms with Gasteiger partial charge in [-0.2, -0.15) is 0 Å². The van der Waals surface area contributed by atoms with Gasteiger partial charge in [0.2, 0.25) is 0 Å². The number of aliphatic imine (C=N–C) groups is 1. The first-order valence-electron chi connectivity index (χ1n) is 4.03. The Morgan fingerprint density at radius 2 is 2.15 bits per heavy atom. The molecule has 0 amide bonds. The van der Waals surface area contributed by atoms with Crippen LogP contribution < -0.4 is 0 Å². The number of fused-ring (bicyclic) bond motifs is 1. The Labute approximate surface area is 79.4 Å². The lowest BCUT2D eigenvalue weighted by Gasteiger charge is -2.37. The average molecular weight is 205 g/mol. The predicted octanol–water partition coefficient (Wildman–Crippen LogP) is -1.43. The summed E-state index contributed by atoms with van der Waals surface area (Å²) in [4.78, 5) is 3.98. The molecule has 0 radical (unpaired) electrons. The lowest BCUT2D eigenvalue weighted by atomic mass is 9.99. The van der Waals surface area contributed by atoms with Gasteiger partial charge in [-0.25, -0.2) is 0 Å². The van der Waals surface area contributed by atoms with Crippen molar-refractivity contribution in [1.82, 2.24) is 0 Å². The molecule has 1 fully saturated rings. The number of aliphatic hydroxyl groups excluding tert-OH is 3. The molecule has 13 heavy (non-hydrogen) atoms. The van der Waals surface area contributed by atoms with Gasteiger partial charge in [0.1, 0.15) is 29.8 Å². The molecule has 2 aliphatic heterocycles. The molecule has 0 aromatic carbocycles. The predicted molar refractivity (Wildman–Crippen MR) is 47.6 cm³/mol. The fourth-order valence-electron chi connectivity index (χ4n) is 1.50. The summed E-state index contributed by atoms with van der Waals surface area (Å²) in [6, 6.07) is -0.400. The van der Waals surface area contributed by atoms with E-state index >= 15 is 0 Å². The van der Waals surface area contributed by atoms with Gasteiger partial charge in [0.25, 0.3) is 0 Å². The number of ether oxygens (including phenoxy) is 1. The van der Waals surface area contributed by atoms with Gasteiger partial charge >= 0.3 is 0 Å². The Morgan fingerprint density at radius 3 is 2.85 bits per heavy atom. The SMILES string of the molecule is OCC1OC2SC=NC2C(O)C1O. The van der Waals surface area contributed by atoms with E-state index in [0.29, 0.717) is 0 Å². The summed E-state index contributed by atoms with van der Waals surface area (Å²) in [5.41, 5.74) is 1.33. The van der Waals surface area contributed by atoms with Crippen LogP contribution in [0.25, 0.3) is 0 Å². The van der Waals surface area contributed by atoms with Crippen LogP contribution >= 0.6 is 11.8 Å². The first-order chi connectivity index (χ1) is 6.24. The molecule has 0 bridgehead atoms. The van der Waals surface area contributed by atoms with E-state index in [-0.39, 0.29) is 12.0 Å². The molecule has 6 heteroatoms. The summed E-state index contributed by atoms with van der Waals surface area (Å²) in [5.74, 6) is 0. The van der Waals surface area contributed by atoms with Crippen molar-refractivity contribution in [3.05, 3.63) is 0 Å². The van der Waals surface area contributed by atoms with E-state index in [1.54, 1.807) is 5.55 Å². The van der Waals surface area contributed by atoms with Gasteiger partial charge < -0.3 is 20.1 Å². The van der Waals surface area contributed by atoms with Crippen molar-refractivity contribution in [3.63, 3.8) is 0 Å². The highest BCUT2D eigenvalue weighted by Crippen LogP contribution is 2.33. The van der Waals surface area contributed by atoms with Crippen molar-refractivity contribution < 1.29 is 20.1 Å². The zero-order valence-corrected chi connectivity index (χ0v) is 7.59. The minimum absolute atomic E-state index is 0.268. The van der Waals surface area contributed by atoms with E-state index in [1.807, 2.05) is 0 Å². The molecule has 5 unspecified atom stereocenters. The van der Waals surface area contributed by atoms with Crippen LogP contribution in [0.15, 0.2) is 4.99 Å². The van der Waals surface area contributed by atoms with E-state index in [9.17, 15) is 10.2 Å². The molecule has 1 saturated heterocycles. The second kappa shape index (κ2) is 3.55. The van der Waals surface area contributed by atoms with Crippen LogP contribution in [0.3, 0.4) is 0 Å². The van der Waals surface area contributed by atoms with E-state index in [1.165, 1.54) is 11.8 Å². The third kappa shape index (κ3) is 1.49. The molecular formula is C7H11NO4S. The average Bonchev–Trinajstić information content (AvgIpc) is 2.59. The fraction of sp³-hybridized carbons (Fsp3) is 0.857. The minimum atomic E-state index is -1.05. The van der Waals surface area contributed by atoms with Crippen molar-refractivity contribution >= 4 is 17.3 Å². The summed E-state index contributed by atoms with van der Waals surface area (Å²) in [6.45, 7) is -0.290. The number of hydrogen-bond acceptors (Lipinski definition) is 6. The standard InChI is InChI=1S/C7H11NO4S/c9-1-3-5(10)6(11)4-7(12-3)13-2-8-4/h2-7,9-11H,1H2. The lowest BCUT2D eigenvalue weighted by Crippen LogP contribution is -2.55. The Kier molecular flexibility index (Phi) is 2.57. The van der Waals surface area contributed by atoms with Crippen LogP contribution in [0.5, 0.6) is 0 Å². The van der Waals surface area contributed by atoms with Crippen molar-refractivity contribution in [2.45, 2.75) is 29.8 Å². The molecule has 3 N–H and O–H groups in total.